The zero-order valence-corrected chi connectivity index (χ0v) is 6.71. The summed E-state index contributed by atoms with van der Waals surface area (Å²) in [6.45, 7) is 1.77. The molecule has 1 atom stereocenters. The summed E-state index contributed by atoms with van der Waals surface area (Å²) < 4.78 is 12.7. The monoisotopic (exact) mass is 164 g/mol. The standard InChI is InChI=1S/C10H9FO/c1-3-10(12)9-6-8(11)5-4-7(9)2/h1,4-6,10,12H,2H3/t10-/m1/s1. The van der Waals surface area contributed by atoms with Crippen molar-refractivity contribution in [2.75, 3.05) is 0 Å². The maximum Gasteiger partial charge on any atom is 0.140 e. The van der Waals surface area contributed by atoms with Gasteiger partial charge in [0.1, 0.15) is 11.9 Å². The second-order valence-corrected chi connectivity index (χ2v) is 2.57. The van der Waals surface area contributed by atoms with Crippen LogP contribution in [0, 0.1) is 25.1 Å². The number of halogens is 1. The molecule has 1 rings (SSSR count). The quantitative estimate of drug-likeness (QED) is 0.627. The van der Waals surface area contributed by atoms with Crippen LogP contribution in [0.4, 0.5) is 4.39 Å². The molecule has 1 aromatic rings. The summed E-state index contributed by atoms with van der Waals surface area (Å²) in [5, 5.41) is 9.23. The number of aliphatic hydroxyl groups is 1. The molecule has 0 aromatic heterocycles. The van der Waals surface area contributed by atoms with Crippen molar-refractivity contribution >= 4 is 0 Å². The van der Waals surface area contributed by atoms with Crippen molar-refractivity contribution in [1.82, 2.24) is 0 Å². The lowest BCUT2D eigenvalue weighted by atomic mass is 10.0. The summed E-state index contributed by atoms with van der Waals surface area (Å²) in [6.07, 6.45) is 3.99. The van der Waals surface area contributed by atoms with Gasteiger partial charge in [-0.05, 0) is 30.2 Å². The summed E-state index contributed by atoms with van der Waals surface area (Å²) in [6, 6.07) is 4.17. The van der Waals surface area contributed by atoms with Crippen LogP contribution in [0.2, 0.25) is 0 Å². The third-order valence-electron chi connectivity index (χ3n) is 1.69. The Morgan fingerprint density at radius 1 is 1.58 bits per heavy atom. The minimum absolute atomic E-state index is 0.384. The van der Waals surface area contributed by atoms with E-state index in [0.29, 0.717) is 5.56 Å². The molecule has 0 amide bonds. The molecule has 0 aliphatic heterocycles. The minimum Gasteiger partial charge on any atom is -0.376 e. The highest BCUT2D eigenvalue weighted by Crippen LogP contribution is 2.17. The van der Waals surface area contributed by atoms with Crippen molar-refractivity contribution < 1.29 is 9.50 Å². The van der Waals surface area contributed by atoms with E-state index in [1.165, 1.54) is 12.1 Å². The first-order chi connectivity index (χ1) is 5.65. The molecule has 12 heavy (non-hydrogen) atoms. The summed E-state index contributed by atoms with van der Waals surface area (Å²) in [5.41, 5.74) is 1.25. The average molecular weight is 164 g/mol. The summed E-state index contributed by atoms with van der Waals surface area (Å²) >= 11 is 0. The second kappa shape index (κ2) is 3.38. The van der Waals surface area contributed by atoms with Crippen molar-refractivity contribution in [1.29, 1.82) is 0 Å². The molecular formula is C10H9FO. The Hall–Kier alpha value is -1.33. The van der Waals surface area contributed by atoms with E-state index < -0.39 is 6.10 Å². The Bertz CT molecular complexity index is 325. The number of hydrogen-bond donors (Lipinski definition) is 1. The Labute approximate surface area is 70.9 Å². The Kier molecular flexibility index (Phi) is 2.47. The molecule has 0 saturated heterocycles. The van der Waals surface area contributed by atoms with Gasteiger partial charge in [-0.2, -0.15) is 0 Å². The molecular weight excluding hydrogens is 155 g/mol. The first kappa shape index (κ1) is 8.76. The number of aryl methyl sites for hydroxylation is 1. The lowest BCUT2D eigenvalue weighted by molar-refractivity contribution is 0.237. The number of benzene rings is 1. The fourth-order valence-corrected chi connectivity index (χ4v) is 0.996. The highest BCUT2D eigenvalue weighted by molar-refractivity contribution is 5.32. The number of aliphatic hydroxyl groups excluding tert-OH is 1. The molecule has 0 heterocycles. The number of terminal acetylenes is 1. The molecule has 62 valence electrons. The van der Waals surface area contributed by atoms with E-state index in [1.807, 2.05) is 0 Å². The van der Waals surface area contributed by atoms with Gasteiger partial charge in [0.05, 0.1) is 0 Å². The third kappa shape index (κ3) is 1.63. The number of hydrogen-bond acceptors (Lipinski definition) is 1. The van der Waals surface area contributed by atoms with E-state index in [2.05, 4.69) is 5.92 Å². The molecule has 0 saturated carbocycles. The van der Waals surface area contributed by atoms with Crippen LogP contribution in [0.1, 0.15) is 17.2 Å². The molecule has 1 aromatic carbocycles. The maximum absolute atomic E-state index is 12.7. The molecule has 1 nitrogen and oxygen atoms in total. The van der Waals surface area contributed by atoms with E-state index >= 15 is 0 Å². The predicted octanol–water partition coefficient (Wildman–Crippen LogP) is 1.80. The fraction of sp³-hybridized carbons (Fsp3) is 0.200. The Morgan fingerprint density at radius 2 is 2.25 bits per heavy atom. The van der Waals surface area contributed by atoms with Crippen LogP contribution in [0.15, 0.2) is 18.2 Å². The van der Waals surface area contributed by atoms with Gasteiger partial charge in [0, 0.05) is 0 Å². The van der Waals surface area contributed by atoms with Crippen LogP contribution in [0.25, 0.3) is 0 Å². The van der Waals surface area contributed by atoms with E-state index in [1.54, 1.807) is 13.0 Å². The Morgan fingerprint density at radius 3 is 2.83 bits per heavy atom. The zero-order chi connectivity index (χ0) is 9.14. The smallest absolute Gasteiger partial charge is 0.140 e. The van der Waals surface area contributed by atoms with Gasteiger partial charge < -0.3 is 5.11 Å². The van der Waals surface area contributed by atoms with E-state index in [9.17, 15) is 9.50 Å². The van der Waals surface area contributed by atoms with Gasteiger partial charge in [0.25, 0.3) is 0 Å². The van der Waals surface area contributed by atoms with Crippen LogP contribution in [-0.2, 0) is 0 Å². The lowest BCUT2D eigenvalue weighted by Crippen LogP contribution is -1.97. The van der Waals surface area contributed by atoms with Gasteiger partial charge in [0.15, 0.2) is 0 Å². The highest BCUT2D eigenvalue weighted by atomic mass is 19.1. The molecule has 0 aliphatic carbocycles. The van der Waals surface area contributed by atoms with Crippen LogP contribution < -0.4 is 0 Å². The van der Waals surface area contributed by atoms with Gasteiger partial charge in [-0.3, -0.25) is 0 Å². The molecule has 0 radical (unpaired) electrons. The third-order valence-corrected chi connectivity index (χ3v) is 1.69. The first-order valence-corrected chi connectivity index (χ1v) is 3.55. The summed E-state index contributed by atoms with van der Waals surface area (Å²) in [5.74, 6) is 1.75. The van der Waals surface area contributed by atoms with Gasteiger partial charge in [0.2, 0.25) is 0 Å². The first-order valence-electron chi connectivity index (χ1n) is 3.55. The zero-order valence-electron chi connectivity index (χ0n) is 6.71. The highest BCUT2D eigenvalue weighted by Gasteiger charge is 2.07. The molecule has 0 spiro atoms. The van der Waals surface area contributed by atoms with Crippen molar-refractivity contribution in [2.24, 2.45) is 0 Å². The summed E-state index contributed by atoms with van der Waals surface area (Å²) in [7, 11) is 0. The number of rotatable bonds is 1. The fourth-order valence-electron chi connectivity index (χ4n) is 0.996. The second-order valence-electron chi connectivity index (χ2n) is 2.57. The van der Waals surface area contributed by atoms with Crippen LogP contribution in [0.3, 0.4) is 0 Å². The van der Waals surface area contributed by atoms with E-state index in [4.69, 9.17) is 6.42 Å². The van der Waals surface area contributed by atoms with E-state index in [-0.39, 0.29) is 5.82 Å². The van der Waals surface area contributed by atoms with Gasteiger partial charge in [-0.25, -0.2) is 4.39 Å². The van der Waals surface area contributed by atoms with Gasteiger partial charge in [-0.1, -0.05) is 12.0 Å². The van der Waals surface area contributed by atoms with Gasteiger partial charge >= 0.3 is 0 Å². The van der Waals surface area contributed by atoms with Crippen LogP contribution >= 0.6 is 0 Å². The predicted molar refractivity (Wildman–Crippen MR) is 44.9 cm³/mol. The molecule has 0 aliphatic rings. The normalized spacial score (nSPS) is 12.2. The largest absolute Gasteiger partial charge is 0.376 e. The minimum atomic E-state index is -1.01. The lowest BCUT2D eigenvalue weighted by Gasteiger charge is -2.06. The molecule has 0 unspecified atom stereocenters. The van der Waals surface area contributed by atoms with Crippen LogP contribution in [-0.4, -0.2) is 5.11 Å². The van der Waals surface area contributed by atoms with Crippen molar-refractivity contribution in [3.63, 3.8) is 0 Å². The molecule has 0 fully saturated rings. The average Bonchev–Trinajstić information content (AvgIpc) is 2.08. The molecule has 1 N–H and O–H groups in total. The maximum atomic E-state index is 12.7. The Balaban J connectivity index is 3.15. The van der Waals surface area contributed by atoms with Crippen molar-refractivity contribution in [2.45, 2.75) is 13.0 Å². The molecule has 0 bridgehead atoms. The van der Waals surface area contributed by atoms with Crippen LogP contribution in [0.5, 0.6) is 0 Å². The topological polar surface area (TPSA) is 20.2 Å². The van der Waals surface area contributed by atoms with Crippen molar-refractivity contribution in [3.8, 4) is 12.3 Å². The van der Waals surface area contributed by atoms with E-state index in [0.717, 1.165) is 5.56 Å². The SMILES string of the molecule is C#C[C@@H](O)c1cc(F)ccc1C. The summed E-state index contributed by atoms with van der Waals surface area (Å²) in [4.78, 5) is 0. The van der Waals surface area contributed by atoms with Crippen molar-refractivity contribution in [3.05, 3.63) is 35.1 Å². The molecule has 2 heteroatoms. The van der Waals surface area contributed by atoms with Gasteiger partial charge in [-0.15, -0.1) is 6.42 Å².